The molecule has 0 bridgehead atoms. The van der Waals surface area contributed by atoms with Crippen molar-refractivity contribution in [2.45, 2.75) is 51.9 Å². The van der Waals surface area contributed by atoms with Crippen LogP contribution in [-0.4, -0.2) is 45.0 Å². The minimum absolute atomic E-state index is 0.424. The number of aliphatic hydroxyl groups is 1. The number of carboxylic acid groups (broad SMARTS) is 1. The van der Waals surface area contributed by atoms with Crippen molar-refractivity contribution in [2.75, 3.05) is 6.54 Å². The van der Waals surface area contributed by atoms with Gasteiger partial charge in [0.2, 0.25) is 0 Å². The Labute approximate surface area is 112 Å². The van der Waals surface area contributed by atoms with E-state index in [1.807, 2.05) is 19.9 Å². The SMILES string of the molecule is CC(C)=CCCC1(C)OC(=O)N(CC(=O)O)C1(C)O. The number of nitrogens with zero attached hydrogens (tertiary/aromatic N) is 1. The van der Waals surface area contributed by atoms with E-state index in [2.05, 4.69) is 0 Å². The van der Waals surface area contributed by atoms with Gasteiger partial charge in [-0.05, 0) is 40.5 Å². The molecule has 2 N–H and O–H groups in total. The molecular weight excluding hydrogens is 250 g/mol. The first-order chi connectivity index (χ1) is 8.60. The lowest BCUT2D eigenvalue weighted by molar-refractivity contribution is -0.155. The van der Waals surface area contributed by atoms with Gasteiger partial charge in [-0.25, -0.2) is 4.79 Å². The normalized spacial score (nSPS) is 30.2. The molecule has 1 saturated heterocycles. The van der Waals surface area contributed by atoms with Crippen LogP contribution in [-0.2, 0) is 9.53 Å². The average Bonchev–Trinajstić information content (AvgIpc) is 2.38. The molecule has 0 spiro atoms. The first-order valence-electron chi connectivity index (χ1n) is 6.18. The molecule has 1 rings (SSSR count). The standard InChI is InChI=1S/C13H21NO5/c1-9(2)6-5-7-12(3)13(4,18)14(8-10(15)16)11(17)19-12/h6,18H,5,7-8H2,1-4H3,(H,15,16). The lowest BCUT2D eigenvalue weighted by atomic mass is 9.88. The molecule has 1 amide bonds. The number of amides is 1. The van der Waals surface area contributed by atoms with Gasteiger partial charge in [0.15, 0.2) is 11.3 Å². The van der Waals surface area contributed by atoms with Gasteiger partial charge in [0.25, 0.3) is 0 Å². The maximum atomic E-state index is 11.7. The predicted octanol–water partition coefficient (Wildman–Crippen LogP) is 1.74. The highest BCUT2D eigenvalue weighted by atomic mass is 16.6. The Bertz CT molecular complexity index is 411. The molecule has 0 aromatic rings. The van der Waals surface area contributed by atoms with Crippen molar-refractivity contribution < 1.29 is 24.5 Å². The summed E-state index contributed by atoms with van der Waals surface area (Å²) in [6.07, 6.45) is 2.25. The van der Waals surface area contributed by atoms with Gasteiger partial charge in [0.1, 0.15) is 6.54 Å². The fourth-order valence-corrected chi connectivity index (χ4v) is 2.09. The maximum Gasteiger partial charge on any atom is 0.413 e. The number of carbonyl (C=O) groups excluding carboxylic acids is 1. The first kappa shape index (κ1) is 15.5. The molecule has 1 fully saturated rings. The second kappa shape index (κ2) is 5.21. The van der Waals surface area contributed by atoms with Crippen molar-refractivity contribution in [1.82, 2.24) is 4.90 Å². The van der Waals surface area contributed by atoms with Crippen LogP contribution in [0.1, 0.15) is 40.5 Å². The Hall–Kier alpha value is -1.56. The zero-order chi connectivity index (χ0) is 14.8. The van der Waals surface area contributed by atoms with Gasteiger partial charge < -0.3 is 14.9 Å². The molecule has 108 valence electrons. The van der Waals surface area contributed by atoms with Crippen molar-refractivity contribution in [3.63, 3.8) is 0 Å². The molecular formula is C13H21NO5. The van der Waals surface area contributed by atoms with Crippen LogP contribution in [0.4, 0.5) is 4.79 Å². The van der Waals surface area contributed by atoms with Crippen molar-refractivity contribution in [1.29, 1.82) is 0 Å². The van der Waals surface area contributed by atoms with E-state index in [9.17, 15) is 14.7 Å². The Morgan fingerprint density at radius 1 is 1.42 bits per heavy atom. The lowest BCUT2D eigenvalue weighted by Crippen LogP contribution is -2.56. The van der Waals surface area contributed by atoms with Gasteiger partial charge >= 0.3 is 12.1 Å². The fourth-order valence-electron chi connectivity index (χ4n) is 2.09. The van der Waals surface area contributed by atoms with Crippen LogP contribution >= 0.6 is 0 Å². The summed E-state index contributed by atoms with van der Waals surface area (Å²) < 4.78 is 5.20. The molecule has 0 aliphatic carbocycles. The topological polar surface area (TPSA) is 87.1 Å². The van der Waals surface area contributed by atoms with E-state index >= 15 is 0 Å². The molecule has 2 atom stereocenters. The monoisotopic (exact) mass is 271 g/mol. The summed E-state index contributed by atoms with van der Waals surface area (Å²) in [6.45, 7) is 6.36. The van der Waals surface area contributed by atoms with Crippen LogP contribution in [0.25, 0.3) is 0 Å². The number of cyclic esters (lactones) is 1. The molecule has 6 heteroatoms. The van der Waals surface area contributed by atoms with Crippen molar-refractivity contribution >= 4 is 12.1 Å². The molecule has 0 aromatic carbocycles. The van der Waals surface area contributed by atoms with Crippen molar-refractivity contribution in [2.24, 2.45) is 0 Å². The van der Waals surface area contributed by atoms with Gasteiger partial charge in [0, 0.05) is 0 Å². The fraction of sp³-hybridized carbons (Fsp3) is 0.692. The van der Waals surface area contributed by atoms with Crippen LogP contribution in [0.5, 0.6) is 0 Å². The van der Waals surface area contributed by atoms with E-state index in [0.29, 0.717) is 12.8 Å². The molecule has 19 heavy (non-hydrogen) atoms. The Balaban J connectivity index is 2.88. The minimum atomic E-state index is -1.64. The summed E-state index contributed by atoms with van der Waals surface area (Å²) in [5, 5.41) is 19.2. The van der Waals surface area contributed by atoms with Crippen molar-refractivity contribution in [3.05, 3.63) is 11.6 Å². The zero-order valence-electron chi connectivity index (χ0n) is 11.8. The third kappa shape index (κ3) is 3.07. The summed E-state index contributed by atoms with van der Waals surface area (Å²) in [5.74, 6) is -1.19. The summed E-state index contributed by atoms with van der Waals surface area (Å²) in [4.78, 5) is 23.3. The van der Waals surface area contributed by atoms with Gasteiger partial charge in [-0.3, -0.25) is 9.69 Å². The molecule has 0 radical (unpaired) electrons. The largest absolute Gasteiger partial charge is 0.480 e. The number of carboxylic acids is 1. The Kier molecular flexibility index (Phi) is 4.25. The van der Waals surface area contributed by atoms with Gasteiger partial charge in [-0.15, -0.1) is 0 Å². The number of carbonyl (C=O) groups is 2. The maximum absolute atomic E-state index is 11.7. The Morgan fingerprint density at radius 3 is 2.47 bits per heavy atom. The average molecular weight is 271 g/mol. The van der Waals surface area contributed by atoms with Gasteiger partial charge in [-0.1, -0.05) is 11.6 Å². The third-order valence-corrected chi connectivity index (χ3v) is 3.53. The van der Waals surface area contributed by atoms with Crippen LogP contribution in [0.3, 0.4) is 0 Å². The number of hydrogen-bond acceptors (Lipinski definition) is 4. The van der Waals surface area contributed by atoms with E-state index < -0.39 is 29.9 Å². The number of ether oxygens (including phenoxy) is 1. The smallest absolute Gasteiger partial charge is 0.413 e. The van der Waals surface area contributed by atoms with E-state index in [4.69, 9.17) is 9.84 Å². The van der Waals surface area contributed by atoms with Gasteiger partial charge in [-0.2, -0.15) is 0 Å². The number of rotatable bonds is 5. The highest BCUT2D eigenvalue weighted by molar-refractivity contribution is 5.79. The molecule has 6 nitrogen and oxygen atoms in total. The second-order valence-corrected chi connectivity index (χ2v) is 5.42. The lowest BCUT2D eigenvalue weighted by Gasteiger charge is -2.36. The molecule has 2 unspecified atom stereocenters. The zero-order valence-corrected chi connectivity index (χ0v) is 11.8. The van der Waals surface area contributed by atoms with E-state index in [1.165, 1.54) is 6.92 Å². The first-order valence-corrected chi connectivity index (χ1v) is 6.18. The number of allylic oxidation sites excluding steroid dienone is 2. The quantitative estimate of drug-likeness (QED) is 0.744. The van der Waals surface area contributed by atoms with Crippen molar-refractivity contribution in [3.8, 4) is 0 Å². The molecule has 0 saturated carbocycles. The summed E-state index contributed by atoms with van der Waals surface area (Å²) >= 11 is 0. The molecule has 1 aliphatic rings. The van der Waals surface area contributed by atoms with Crippen LogP contribution in [0.2, 0.25) is 0 Å². The van der Waals surface area contributed by atoms with E-state index in [0.717, 1.165) is 10.5 Å². The molecule has 0 aromatic heterocycles. The van der Waals surface area contributed by atoms with E-state index in [-0.39, 0.29) is 0 Å². The molecule has 1 aliphatic heterocycles. The minimum Gasteiger partial charge on any atom is -0.480 e. The highest BCUT2D eigenvalue weighted by Crippen LogP contribution is 2.40. The third-order valence-electron chi connectivity index (χ3n) is 3.53. The highest BCUT2D eigenvalue weighted by Gasteiger charge is 2.59. The summed E-state index contributed by atoms with van der Waals surface area (Å²) in [6, 6.07) is 0. The summed E-state index contributed by atoms with van der Waals surface area (Å²) in [7, 11) is 0. The Morgan fingerprint density at radius 2 is 2.00 bits per heavy atom. The van der Waals surface area contributed by atoms with E-state index in [1.54, 1.807) is 6.92 Å². The second-order valence-electron chi connectivity index (χ2n) is 5.42. The summed E-state index contributed by atoms with van der Waals surface area (Å²) in [5.41, 5.74) is -1.63. The molecule has 1 heterocycles. The number of aliphatic carboxylic acids is 1. The van der Waals surface area contributed by atoms with Crippen LogP contribution < -0.4 is 0 Å². The number of hydrogen-bond donors (Lipinski definition) is 2. The predicted molar refractivity (Wildman–Crippen MR) is 68.5 cm³/mol. The van der Waals surface area contributed by atoms with Gasteiger partial charge in [0.05, 0.1) is 0 Å². The van der Waals surface area contributed by atoms with Crippen LogP contribution in [0.15, 0.2) is 11.6 Å². The van der Waals surface area contributed by atoms with Crippen LogP contribution in [0, 0.1) is 0 Å².